The van der Waals surface area contributed by atoms with Crippen LogP contribution in [0.5, 0.6) is 0 Å². The van der Waals surface area contributed by atoms with Crippen LogP contribution in [-0.2, 0) is 0 Å². The Labute approximate surface area is 113 Å². The van der Waals surface area contributed by atoms with Crippen LogP contribution in [0.3, 0.4) is 0 Å². The van der Waals surface area contributed by atoms with Crippen molar-refractivity contribution in [3.63, 3.8) is 0 Å². The molecule has 0 spiro atoms. The first-order valence-electron chi connectivity index (χ1n) is 3.67. The van der Waals surface area contributed by atoms with E-state index in [0.29, 0.717) is 3.93 Å². The number of halogens is 2. The Kier molecular flexibility index (Phi) is 9.24. The average molecular weight is 419 g/mol. The Morgan fingerprint density at radius 2 is 1.92 bits per heavy atom. The number of hydrogen-bond acceptors (Lipinski definition) is 2. The van der Waals surface area contributed by atoms with E-state index in [1.54, 1.807) is 6.26 Å². The second-order valence-corrected chi connectivity index (χ2v) is 5.22. The van der Waals surface area contributed by atoms with E-state index in [-0.39, 0.29) is 40.0 Å². The predicted octanol–water partition coefficient (Wildman–Crippen LogP) is 2.68. The van der Waals surface area contributed by atoms with E-state index in [1.807, 2.05) is 13.0 Å². The van der Waals surface area contributed by atoms with Crippen molar-refractivity contribution in [3.05, 3.63) is 23.7 Å². The molecule has 3 radical (unpaired) electrons. The molecule has 13 heavy (non-hydrogen) atoms. The van der Waals surface area contributed by atoms with Crippen molar-refractivity contribution >= 4 is 56.5 Å². The summed E-state index contributed by atoms with van der Waals surface area (Å²) in [7, 11) is 0. The van der Waals surface area contributed by atoms with Crippen molar-refractivity contribution in [2.24, 2.45) is 5.73 Å². The van der Waals surface area contributed by atoms with Crippen molar-refractivity contribution in [2.45, 2.75) is 23.8 Å². The van der Waals surface area contributed by atoms with Gasteiger partial charge in [-0.2, -0.15) is 0 Å². The molecule has 0 aliphatic rings. The van der Waals surface area contributed by atoms with E-state index in [9.17, 15) is 0 Å². The zero-order chi connectivity index (χ0) is 8.43. The second-order valence-electron chi connectivity index (χ2n) is 2.75. The topological polar surface area (TPSA) is 39.2 Å². The molecule has 0 saturated carbocycles. The standard InChI is InChI=1S/C8H12NO.2BrH.Sn/c1-3-7-4-5-10-8(7)6(2)9;;;/h3-6H,9H2,1-2H3;2*1H;. The van der Waals surface area contributed by atoms with Gasteiger partial charge in [-0.15, -0.1) is 34.0 Å². The fourth-order valence-corrected chi connectivity index (χ4v) is 1.74. The summed E-state index contributed by atoms with van der Waals surface area (Å²) in [5.41, 5.74) is 6.98. The molecule has 2 atom stereocenters. The average Bonchev–Trinajstić information content (AvgIpc) is 2.32. The Morgan fingerprint density at radius 1 is 1.38 bits per heavy atom. The van der Waals surface area contributed by atoms with Crippen LogP contribution in [0.25, 0.3) is 0 Å². The number of nitrogens with two attached hydrogens (primary N) is 1. The van der Waals surface area contributed by atoms with Crippen LogP contribution < -0.4 is 5.73 Å². The molecule has 1 heterocycles. The SMILES string of the molecule is Br.Br.CC(N)c1occc1[CH](C)[Sn]. The van der Waals surface area contributed by atoms with Gasteiger partial charge >= 0.3 is 80.2 Å². The summed E-state index contributed by atoms with van der Waals surface area (Å²) in [5, 5.41) is 0. The zero-order valence-electron chi connectivity index (χ0n) is 7.61. The summed E-state index contributed by atoms with van der Waals surface area (Å²) in [6.45, 7) is 4.12. The van der Waals surface area contributed by atoms with Crippen LogP contribution in [0.1, 0.15) is 35.1 Å². The van der Waals surface area contributed by atoms with Crippen molar-refractivity contribution in [2.75, 3.05) is 0 Å². The van der Waals surface area contributed by atoms with Gasteiger partial charge in [0.15, 0.2) is 0 Å². The molecule has 0 aliphatic carbocycles. The maximum absolute atomic E-state index is 5.71. The number of furan rings is 1. The van der Waals surface area contributed by atoms with Crippen molar-refractivity contribution < 1.29 is 4.42 Å². The summed E-state index contributed by atoms with van der Waals surface area (Å²) in [4.78, 5) is 0. The van der Waals surface area contributed by atoms with Crippen LogP contribution in [0, 0.1) is 0 Å². The first-order chi connectivity index (χ1) is 5.13. The van der Waals surface area contributed by atoms with E-state index in [2.05, 4.69) is 6.92 Å². The van der Waals surface area contributed by atoms with Crippen LogP contribution in [-0.4, -0.2) is 22.5 Å². The summed E-state index contributed by atoms with van der Waals surface area (Å²) >= 11 is 1.50. The van der Waals surface area contributed by atoms with Gasteiger partial charge in [0.25, 0.3) is 0 Å². The molecule has 0 saturated heterocycles. The fourth-order valence-electron chi connectivity index (χ4n) is 1.06. The molecule has 0 fully saturated rings. The van der Waals surface area contributed by atoms with E-state index in [4.69, 9.17) is 10.2 Å². The normalized spacial score (nSPS) is 13.8. The van der Waals surface area contributed by atoms with E-state index in [1.165, 1.54) is 28.1 Å². The van der Waals surface area contributed by atoms with Gasteiger partial charge in [0, 0.05) is 0 Å². The van der Waals surface area contributed by atoms with Gasteiger partial charge in [0.05, 0.1) is 0 Å². The molecule has 0 bridgehead atoms. The molecule has 1 rings (SSSR count). The van der Waals surface area contributed by atoms with Gasteiger partial charge < -0.3 is 0 Å². The molecule has 2 unspecified atom stereocenters. The van der Waals surface area contributed by atoms with Crippen LogP contribution in [0.4, 0.5) is 0 Å². The van der Waals surface area contributed by atoms with Crippen molar-refractivity contribution in [1.82, 2.24) is 0 Å². The minimum atomic E-state index is 0. The summed E-state index contributed by atoms with van der Waals surface area (Å²) in [6, 6.07) is 2.03. The minimum absolute atomic E-state index is 0. The van der Waals surface area contributed by atoms with Crippen LogP contribution >= 0.6 is 34.0 Å². The van der Waals surface area contributed by atoms with E-state index in [0.717, 1.165) is 5.76 Å². The molecule has 1 aromatic rings. The Morgan fingerprint density at radius 3 is 2.23 bits per heavy atom. The summed E-state index contributed by atoms with van der Waals surface area (Å²) in [6.07, 6.45) is 1.72. The quantitative estimate of drug-likeness (QED) is 0.750. The second kappa shape index (κ2) is 7.31. The van der Waals surface area contributed by atoms with Crippen molar-refractivity contribution in [3.8, 4) is 0 Å². The zero-order valence-corrected chi connectivity index (χ0v) is 13.9. The third-order valence-electron chi connectivity index (χ3n) is 1.61. The Balaban J connectivity index is 0. The van der Waals surface area contributed by atoms with Gasteiger partial charge in [-0.3, -0.25) is 0 Å². The third-order valence-corrected chi connectivity index (χ3v) is 2.49. The molecule has 0 amide bonds. The number of hydrogen-bond donors (Lipinski definition) is 1. The maximum atomic E-state index is 5.71. The molecule has 0 aliphatic heterocycles. The molecule has 5 heteroatoms. The first-order valence-corrected chi connectivity index (χ1v) is 5.31. The Hall–Kier alpha value is 0.999. The Bertz CT molecular complexity index is 215. The number of rotatable bonds is 2. The fraction of sp³-hybridized carbons (Fsp3) is 0.500. The summed E-state index contributed by atoms with van der Waals surface area (Å²) in [5.74, 6) is 0.939. The molecule has 75 valence electrons. The van der Waals surface area contributed by atoms with Gasteiger partial charge in [0.1, 0.15) is 0 Å². The van der Waals surface area contributed by atoms with Crippen LogP contribution in [0.2, 0.25) is 0 Å². The first kappa shape index (κ1) is 16.4. The van der Waals surface area contributed by atoms with Gasteiger partial charge in [0.2, 0.25) is 0 Å². The monoisotopic (exact) mass is 418 g/mol. The van der Waals surface area contributed by atoms with Gasteiger partial charge in [-0.25, -0.2) is 0 Å². The molecule has 0 aromatic carbocycles. The molecule has 2 nitrogen and oxygen atoms in total. The molecule has 1 aromatic heterocycles. The van der Waals surface area contributed by atoms with Gasteiger partial charge in [-0.1, -0.05) is 0 Å². The van der Waals surface area contributed by atoms with E-state index < -0.39 is 0 Å². The van der Waals surface area contributed by atoms with E-state index >= 15 is 0 Å². The molecular formula is C8H14Br2NOSn. The third kappa shape index (κ3) is 4.36. The van der Waals surface area contributed by atoms with Crippen molar-refractivity contribution in [1.29, 1.82) is 0 Å². The van der Waals surface area contributed by atoms with Crippen LogP contribution in [0.15, 0.2) is 16.7 Å². The predicted molar refractivity (Wildman–Crippen MR) is 66.1 cm³/mol. The summed E-state index contributed by atoms with van der Waals surface area (Å²) < 4.78 is 5.86. The van der Waals surface area contributed by atoms with Gasteiger partial charge in [-0.05, 0) is 0 Å². The molecule has 2 N–H and O–H groups in total. The molecular weight excluding hydrogens is 405 g/mol.